The van der Waals surface area contributed by atoms with Crippen LogP contribution in [0.15, 0.2) is 66.7 Å². The van der Waals surface area contributed by atoms with Gasteiger partial charge in [0.2, 0.25) is 11.8 Å². The van der Waals surface area contributed by atoms with Gasteiger partial charge in [-0.1, -0.05) is 49.4 Å². The van der Waals surface area contributed by atoms with Crippen LogP contribution < -0.4 is 26.2 Å². The van der Waals surface area contributed by atoms with E-state index in [1.54, 1.807) is 24.9 Å². The number of hydrogen-bond donors (Lipinski definition) is 5. The van der Waals surface area contributed by atoms with Crippen LogP contribution in [-0.2, 0) is 22.6 Å². The van der Waals surface area contributed by atoms with Crippen molar-refractivity contribution in [3.8, 4) is 11.1 Å². The van der Waals surface area contributed by atoms with Crippen molar-refractivity contribution in [2.45, 2.75) is 64.8 Å². The van der Waals surface area contributed by atoms with Crippen LogP contribution in [0.2, 0.25) is 0 Å². The highest BCUT2D eigenvalue weighted by Crippen LogP contribution is 2.33. The number of aliphatic hydroxyl groups is 1. The highest BCUT2D eigenvalue weighted by atomic mass is 19.1. The molecule has 5 N–H and O–H groups in total. The molecule has 0 fully saturated rings. The molecule has 0 bridgehead atoms. The smallest absolute Gasteiger partial charge is 0.318 e. The minimum Gasteiger partial charge on any atom is -0.392 e. The monoisotopic (exact) mass is 603 g/mol. The van der Waals surface area contributed by atoms with Gasteiger partial charge in [0.1, 0.15) is 11.9 Å². The number of amides is 4. The Morgan fingerprint density at radius 1 is 1.09 bits per heavy atom. The van der Waals surface area contributed by atoms with Crippen LogP contribution in [0.1, 0.15) is 45.2 Å². The van der Waals surface area contributed by atoms with E-state index in [0.717, 1.165) is 16.7 Å². The molecule has 10 heteroatoms. The molecule has 0 radical (unpaired) electrons. The molecule has 0 spiro atoms. The number of urea groups is 1. The Labute approximate surface area is 258 Å². The molecule has 1 aliphatic rings. The van der Waals surface area contributed by atoms with Crippen LogP contribution in [0.5, 0.6) is 0 Å². The maximum atomic E-state index is 14.3. The molecule has 0 saturated heterocycles. The number of nitrogens with zero attached hydrogens (tertiary/aromatic N) is 1. The molecular formula is C34H42FN5O4. The van der Waals surface area contributed by atoms with Crippen LogP contribution in [0.3, 0.4) is 0 Å². The number of rotatable bonds is 10. The number of anilines is 2. The van der Waals surface area contributed by atoms with Gasteiger partial charge in [0, 0.05) is 36.8 Å². The number of benzene rings is 3. The van der Waals surface area contributed by atoms with E-state index < -0.39 is 17.7 Å². The quantitative estimate of drug-likeness (QED) is 0.232. The van der Waals surface area contributed by atoms with Crippen LogP contribution in [0.25, 0.3) is 11.1 Å². The Kier molecular flexibility index (Phi) is 10.4. The molecule has 9 nitrogen and oxygen atoms in total. The number of β-amino-alcohol motifs (C(OH)–C–C–N with tert-alkyl or cyclic N) is 1. The average molecular weight is 604 g/mol. The van der Waals surface area contributed by atoms with E-state index in [4.69, 9.17) is 0 Å². The molecule has 0 aliphatic carbocycles. The van der Waals surface area contributed by atoms with Crippen molar-refractivity contribution in [1.82, 2.24) is 16.0 Å². The summed E-state index contributed by atoms with van der Waals surface area (Å²) in [5.74, 6) is -1.22. The van der Waals surface area contributed by atoms with Crippen molar-refractivity contribution < 1.29 is 23.9 Å². The number of carbonyl (C=O) groups excluding carboxylic acids is 3. The van der Waals surface area contributed by atoms with Gasteiger partial charge in [-0.25, -0.2) is 9.18 Å². The maximum Gasteiger partial charge on any atom is 0.318 e. The fourth-order valence-corrected chi connectivity index (χ4v) is 5.46. The van der Waals surface area contributed by atoms with E-state index >= 15 is 0 Å². The maximum absolute atomic E-state index is 14.3. The van der Waals surface area contributed by atoms with Crippen LogP contribution >= 0.6 is 0 Å². The summed E-state index contributed by atoms with van der Waals surface area (Å²) in [6, 6.07) is 18.5. The largest absolute Gasteiger partial charge is 0.392 e. The van der Waals surface area contributed by atoms with Gasteiger partial charge < -0.3 is 31.3 Å². The van der Waals surface area contributed by atoms with Crippen LogP contribution in [-0.4, -0.2) is 54.2 Å². The Balaban J connectivity index is 1.58. The zero-order chi connectivity index (χ0) is 32.0. The zero-order valence-corrected chi connectivity index (χ0v) is 25.9. The molecule has 0 saturated carbocycles. The van der Waals surface area contributed by atoms with Crippen molar-refractivity contribution in [3.63, 3.8) is 0 Å². The Morgan fingerprint density at radius 3 is 2.48 bits per heavy atom. The van der Waals surface area contributed by atoms with Gasteiger partial charge in [0.05, 0.1) is 18.3 Å². The second-order valence-corrected chi connectivity index (χ2v) is 12.2. The third-order valence-electron chi connectivity index (χ3n) is 7.78. The third-order valence-corrected chi connectivity index (χ3v) is 7.78. The highest BCUT2D eigenvalue weighted by Gasteiger charge is 2.37. The predicted octanol–water partition coefficient (Wildman–Crippen LogP) is 4.59. The molecule has 4 amide bonds. The molecule has 234 valence electrons. The molecule has 0 aromatic heterocycles. The van der Waals surface area contributed by atoms with Gasteiger partial charge in [-0.2, -0.15) is 0 Å². The Hall–Kier alpha value is -4.28. The number of fused-ring (bicyclic) bond motifs is 1. The van der Waals surface area contributed by atoms with Crippen molar-refractivity contribution in [2.24, 2.45) is 5.92 Å². The van der Waals surface area contributed by atoms with Gasteiger partial charge in [-0.15, -0.1) is 0 Å². The number of nitrogens with one attached hydrogen (secondary N) is 4. The first-order valence-electron chi connectivity index (χ1n) is 14.9. The van der Waals surface area contributed by atoms with Crippen molar-refractivity contribution in [1.29, 1.82) is 0 Å². The topological polar surface area (TPSA) is 123 Å². The number of carbonyl (C=O) groups is 3. The molecule has 44 heavy (non-hydrogen) atoms. The van der Waals surface area contributed by atoms with E-state index in [1.807, 2.05) is 69.3 Å². The lowest BCUT2D eigenvalue weighted by Gasteiger charge is -2.30. The van der Waals surface area contributed by atoms with Crippen LogP contribution in [0.4, 0.5) is 20.6 Å². The molecule has 3 aromatic carbocycles. The van der Waals surface area contributed by atoms with Gasteiger partial charge in [0.25, 0.3) is 0 Å². The lowest BCUT2D eigenvalue weighted by atomic mass is 9.93. The number of hydrogen-bond acceptors (Lipinski definition) is 5. The van der Waals surface area contributed by atoms with Crippen molar-refractivity contribution in [3.05, 3.63) is 83.7 Å². The first kappa shape index (κ1) is 32.6. The molecular weight excluding hydrogens is 561 g/mol. The summed E-state index contributed by atoms with van der Waals surface area (Å²) >= 11 is 0. The second kappa shape index (κ2) is 14.0. The minimum absolute atomic E-state index is 0.107. The number of halogens is 1. The van der Waals surface area contributed by atoms with Gasteiger partial charge in [-0.05, 0) is 74.1 Å². The van der Waals surface area contributed by atoms with Crippen LogP contribution in [0, 0.1) is 11.7 Å². The third kappa shape index (κ3) is 8.21. The molecule has 1 heterocycles. The fraction of sp³-hybridized carbons (Fsp3) is 0.382. The summed E-state index contributed by atoms with van der Waals surface area (Å²) < 4.78 is 14.3. The standard InChI is InChI=1S/C34H42FN5O4/c1-21-16-25-17-26(35)14-15-29(25)40(32(43)31(21)39-30(42)18-34(3,4)37-19-22(2)41)20-23-10-12-24(13-11-23)27-8-6-7-9-28(27)38-33(44)36-5/h6-15,17,21-22,31,37,41H,16,18-20H2,1-5H3,(H,39,42)(H2,36,38,44)/t21?,22-,31?/m1/s1. The van der Waals surface area contributed by atoms with Crippen molar-refractivity contribution >= 4 is 29.2 Å². The van der Waals surface area contributed by atoms with E-state index in [-0.39, 0.29) is 42.5 Å². The molecule has 1 aliphatic heterocycles. The Morgan fingerprint density at radius 2 is 1.80 bits per heavy atom. The van der Waals surface area contributed by atoms with E-state index in [1.165, 1.54) is 12.1 Å². The number of para-hydroxylation sites is 1. The van der Waals surface area contributed by atoms with Gasteiger partial charge in [0.15, 0.2) is 0 Å². The van der Waals surface area contributed by atoms with Gasteiger partial charge >= 0.3 is 6.03 Å². The SMILES string of the molecule is CNC(=O)Nc1ccccc1-c1ccc(CN2C(=O)C(NC(=O)CC(C)(C)NC[C@@H](C)O)C(C)Cc3cc(F)ccc32)cc1. The Bertz CT molecular complexity index is 1490. The summed E-state index contributed by atoms with van der Waals surface area (Å²) in [6.45, 7) is 7.85. The molecule has 2 unspecified atom stereocenters. The summed E-state index contributed by atoms with van der Waals surface area (Å²) in [4.78, 5) is 40.8. The van der Waals surface area contributed by atoms with Gasteiger partial charge in [-0.3, -0.25) is 9.59 Å². The summed E-state index contributed by atoms with van der Waals surface area (Å²) in [6.07, 6.45) is -0.0376. The van der Waals surface area contributed by atoms with E-state index in [2.05, 4.69) is 21.3 Å². The number of aliphatic hydroxyl groups excluding tert-OH is 1. The molecule has 3 atom stereocenters. The normalized spacial score (nSPS) is 17.3. The molecule has 4 rings (SSSR count). The highest BCUT2D eigenvalue weighted by molar-refractivity contribution is 6.01. The summed E-state index contributed by atoms with van der Waals surface area (Å²) in [5, 5.41) is 21.2. The van der Waals surface area contributed by atoms with Crippen molar-refractivity contribution in [2.75, 3.05) is 23.8 Å². The van der Waals surface area contributed by atoms with E-state index in [9.17, 15) is 23.9 Å². The first-order valence-corrected chi connectivity index (χ1v) is 14.9. The lowest BCUT2D eigenvalue weighted by Crippen LogP contribution is -2.53. The predicted molar refractivity (Wildman–Crippen MR) is 171 cm³/mol. The summed E-state index contributed by atoms with van der Waals surface area (Å²) in [5.41, 5.74) is 3.95. The van der Waals surface area contributed by atoms with E-state index in [0.29, 0.717) is 29.9 Å². The first-order chi connectivity index (χ1) is 20.9. The molecule has 3 aromatic rings. The fourth-order valence-electron chi connectivity index (χ4n) is 5.46. The minimum atomic E-state index is -0.813. The second-order valence-electron chi connectivity index (χ2n) is 12.2. The lowest BCUT2D eigenvalue weighted by molar-refractivity contribution is -0.129. The zero-order valence-electron chi connectivity index (χ0n) is 25.9. The average Bonchev–Trinajstić information content (AvgIpc) is 3.06. The summed E-state index contributed by atoms with van der Waals surface area (Å²) in [7, 11) is 1.55.